The molecule has 0 aromatic carbocycles. The number of hydrogen-bond acceptors (Lipinski definition) is 11. The van der Waals surface area contributed by atoms with E-state index in [-0.39, 0.29) is 92.8 Å². The van der Waals surface area contributed by atoms with E-state index in [2.05, 4.69) is 30.6 Å². The van der Waals surface area contributed by atoms with Gasteiger partial charge in [-0.15, -0.1) is 0 Å². The number of carbonyl (C=O) groups excluding carboxylic acids is 5. The van der Waals surface area contributed by atoms with Crippen molar-refractivity contribution in [2.24, 2.45) is 70.5 Å². The number of nitrogens with zero attached hydrogens (tertiary/aromatic N) is 4. The molecule has 6 bridgehead atoms. The van der Waals surface area contributed by atoms with Gasteiger partial charge in [0.15, 0.2) is 22.6 Å². The number of nitrogens with one attached hydrogen (secondary N) is 3. The van der Waals surface area contributed by atoms with Crippen LogP contribution in [0, 0.1) is 64.9 Å². The highest BCUT2D eigenvalue weighted by Crippen LogP contribution is 2.46. The number of halogens is 8. The Morgan fingerprint density at radius 3 is 1.44 bits per heavy atom. The summed E-state index contributed by atoms with van der Waals surface area (Å²) in [6.45, 7) is 5.41. The van der Waals surface area contributed by atoms with E-state index in [4.69, 9.17) is 56.7 Å². The van der Waals surface area contributed by atoms with Crippen molar-refractivity contribution in [1.29, 1.82) is 0 Å². The summed E-state index contributed by atoms with van der Waals surface area (Å²) in [5, 5.41) is 7.25. The van der Waals surface area contributed by atoms with Gasteiger partial charge in [-0.1, -0.05) is 48.1 Å². The summed E-state index contributed by atoms with van der Waals surface area (Å²) in [4.78, 5) is 70.8. The predicted octanol–water partition coefficient (Wildman–Crippen LogP) is 4.81. The van der Waals surface area contributed by atoms with Crippen molar-refractivity contribution in [2.45, 2.75) is 69.9 Å². The van der Waals surface area contributed by atoms with Crippen LogP contribution in [-0.4, -0.2) is 79.6 Å². The molecule has 2 aromatic heterocycles. The van der Waals surface area contributed by atoms with E-state index < -0.39 is 53.3 Å². The second-order valence-electron chi connectivity index (χ2n) is 16.6. The molecule has 3 fully saturated rings. The molecular weight excluding hydrogens is 906 g/mol. The first-order valence-corrected chi connectivity index (χ1v) is 20.6. The van der Waals surface area contributed by atoms with Crippen LogP contribution in [0.25, 0.3) is 0 Å². The summed E-state index contributed by atoms with van der Waals surface area (Å²) in [5.41, 5.74) is 15.5. The first-order valence-electron chi connectivity index (χ1n) is 19.4. The molecule has 12 atom stereocenters. The lowest BCUT2D eigenvalue weighted by molar-refractivity contribution is -0.175. The summed E-state index contributed by atoms with van der Waals surface area (Å²) in [7, 11) is 0. The lowest BCUT2D eigenvalue weighted by atomic mass is 9.88. The Balaban J connectivity index is 0.000000163. The quantitative estimate of drug-likeness (QED) is 0.0950. The summed E-state index contributed by atoms with van der Waals surface area (Å²) >= 11 is 16.1. The normalized spacial score (nSPS) is 30.0. The molecule has 9 N–H and O–H groups in total. The Morgan fingerprint density at radius 1 is 0.635 bits per heavy atom. The van der Waals surface area contributed by atoms with E-state index >= 15 is 0 Å². The van der Waals surface area contributed by atoms with Gasteiger partial charge in [0.2, 0.25) is 28.3 Å². The molecule has 0 spiro atoms. The van der Waals surface area contributed by atoms with Crippen molar-refractivity contribution >= 4 is 70.3 Å². The molecule has 342 valence electrons. The fourth-order valence-corrected chi connectivity index (χ4v) is 9.27. The van der Waals surface area contributed by atoms with Crippen molar-refractivity contribution in [2.75, 3.05) is 5.32 Å². The van der Waals surface area contributed by atoms with Crippen molar-refractivity contribution in [1.82, 2.24) is 30.6 Å². The fraction of sp³-hybridized carbons (Fsp3) is 0.513. The first-order chi connectivity index (χ1) is 29.3. The van der Waals surface area contributed by atoms with E-state index in [9.17, 15) is 45.9 Å². The maximum Gasteiger partial charge on any atom is 0.471 e. The molecule has 5 amide bonds. The Kier molecular flexibility index (Phi) is 15.3. The number of primary amides is 3. The zero-order valence-electron chi connectivity index (χ0n) is 33.7. The zero-order chi connectivity index (χ0) is 46.7. The van der Waals surface area contributed by atoms with Crippen LogP contribution in [0.15, 0.2) is 48.8 Å². The summed E-state index contributed by atoms with van der Waals surface area (Å²) in [6, 6.07) is -1.31. The van der Waals surface area contributed by atoms with Crippen molar-refractivity contribution in [3.05, 3.63) is 76.2 Å². The molecule has 0 aliphatic heterocycles. The number of aromatic nitrogens is 4. The third kappa shape index (κ3) is 12.1. The second-order valence-corrected chi connectivity index (χ2v) is 17.6. The number of nitrogens with two attached hydrogens (primary N) is 3. The summed E-state index contributed by atoms with van der Waals surface area (Å²) < 4.78 is 67.4. The van der Waals surface area contributed by atoms with Crippen molar-refractivity contribution in [3.8, 4) is 0 Å². The third-order valence-electron chi connectivity index (χ3n) is 11.3. The number of alkyl halides is 3. The smallest absolute Gasteiger partial charge is 0.444 e. The van der Waals surface area contributed by atoms with Gasteiger partial charge < -0.3 is 37.9 Å². The number of rotatable bonds is 7. The van der Waals surface area contributed by atoms with Crippen LogP contribution in [-0.2, 0) is 23.9 Å². The number of fused-ring (bicyclic) bond motifs is 6. The second kappa shape index (κ2) is 19.7. The van der Waals surface area contributed by atoms with E-state index in [1.807, 2.05) is 29.6 Å². The molecule has 0 radical (unpaired) electrons. The molecule has 0 saturated heterocycles. The zero-order valence-corrected chi connectivity index (χ0v) is 35.9. The number of anilines is 1. The third-order valence-corrected chi connectivity index (χ3v) is 11.9. The first kappa shape index (κ1) is 48.9. The molecule has 24 heteroatoms. The number of alkyl carbamates (subject to hydrolysis) is 1. The average Bonchev–Trinajstić information content (AvgIpc) is 4.04. The SMILES string of the molecule is CC(C)(C)OC(=O)N[C@@H]1[C@H](C(N)=O)[C@@H]2C=C[C@H]1C2.Fc1cnc(Cl)nc1Cl.NC(=O)[C@H]1[C@@H](NC(=O)C(F)(F)F)[C@H]2C=C[C@@H]1C2.NC(=O)[C@H]1[C@@H](Nc2nc(Cl)ncc2F)[C@H]2C=C[C@@H]1C2. The lowest BCUT2D eigenvalue weighted by Gasteiger charge is -2.28. The van der Waals surface area contributed by atoms with Gasteiger partial charge in [-0.3, -0.25) is 19.2 Å². The van der Waals surface area contributed by atoms with Gasteiger partial charge in [0.05, 0.1) is 36.2 Å². The van der Waals surface area contributed by atoms with Crippen LogP contribution < -0.4 is 33.2 Å². The van der Waals surface area contributed by atoms with E-state index in [1.165, 1.54) is 0 Å². The summed E-state index contributed by atoms with van der Waals surface area (Å²) in [5.74, 6) is -5.82. The predicted molar refractivity (Wildman–Crippen MR) is 218 cm³/mol. The minimum absolute atomic E-state index is 0.0113. The van der Waals surface area contributed by atoms with Crippen LogP contribution in [0.1, 0.15) is 40.0 Å². The van der Waals surface area contributed by atoms with E-state index in [0.717, 1.165) is 25.2 Å². The molecule has 0 unspecified atom stereocenters. The topological polar surface area (TPSA) is 260 Å². The maximum absolute atomic E-state index is 13.6. The number of hydrogen-bond donors (Lipinski definition) is 6. The summed E-state index contributed by atoms with van der Waals surface area (Å²) in [6.07, 6.45) is 10.4. The maximum atomic E-state index is 13.6. The molecule has 2 aromatic rings. The standard InChI is InChI=1S/C13H20N2O3.C12H12ClFN4O.C10H11F3N2O2.C4HCl2FN2/c1-13(2,3)18-12(17)15-10-8-5-4-7(6-8)9(10)11(14)16;13-12-16-4-7(14)11(18-12)17-9-6-2-1-5(3-6)8(9)10(15)19;11-10(12,13)9(17)15-7-5-2-1-4(3-5)6(7)8(14)16;5-3-2(7)1-8-4(6)9-3/h4-5,7-10H,6H2,1-3H3,(H2,14,16)(H,15,17);1-2,4-6,8-9H,3H2,(H2,15,19)(H,16,17,18);1-2,4-7H,3H2,(H2,14,16)(H,15,17);1H/t7-,8+,9-,10+;5-,6+,8-,9+;4-,5+,6-,7+;/m111./s1. The lowest BCUT2D eigenvalue weighted by Crippen LogP contribution is -2.51. The highest BCUT2D eigenvalue weighted by Gasteiger charge is 2.52. The molecule has 3 saturated carbocycles. The highest BCUT2D eigenvalue weighted by atomic mass is 35.5. The molecule has 2 heterocycles. The Bertz CT molecular complexity index is 2180. The van der Waals surface area contributed by atoms with E-state index in [1.54, 1.807) is 32.9 Å². The van der Waals surface area contributed by atoms with Crippen LogP contribution >= 0.6 is 34.8 Å². The monoisotopic (exact) mass is 948 g/mol. The number of ether oxygens (including phenoxy) is 1. The van der Waals surface area contributed by atoms with Crippen molar-refractivity contribution < 1.29 is 50.7 Å². The van der Waals surface area contributed by atoms with Gasteiger partial charge in [-0.05, 0) is 98.7 Å². The number of carbonyl (C=O) groups is 5. The number of amides is 5. The minimum Gasteiger partial charge on any atom is -0.444 e. The van der Waals surface area contributed by atoms with Crippen molar-refractivity contribution in [3.63, 3.8) is 0 Å². The highest BCUT2D eigenvalue weighted by molar-refractivity contribution is 6.31. The molecule has 6 aliphatic rings. The van der Waals surface area contributed by atoms with Gasteiger partial charge in [-0.25, -0.2) is 28.5 Å². The largest absolute Gasteiger partial charge is 0.471 e. The van der Waals surface area contributed by atoms with Crippen LogP contribution in [0.4, 0.5) is 32.6 Å². The molecule has 16 nitrogen and oxygen atoms in total. The van der Waals surface area contributed by atoms with Gasteiger partial charge in [0.25, 0.3) is 0 Å². The molecule has 63 heavy (non-hydrogen) atoms. The minimum atomic E-state index is -4.94. The van der Waals surface area contributed by atoms with Crippen LogP contribution in [0.5, 0.6) is 0 Å². The van der Waals surface area contributed by atoms with Crippen LogP contribution in [0.2, 0.25) is 15.7 Å². The Labute approximate surface area is 372 Å². The molecule has 6 aliphatic carbocycles. The van der Waals surface area contributed by atoms with Gasteiger partial charge in [0.1, 0.15) is 5.60 Å². The fourth-order valence-electron chi connectivity index (χ4n) is 8.83. The van der Waals surface area contributed by atoms with Gasteiger partial charge >= 0.3 is 18.2 Å². The molecular formula is C39H44Cl3F5N10O6. The Hall–Kier alpha value is -5.15. The van der Waals surface area contributed by atoms with E-state index in [0.29, 0.717) is 6.42 Å². The number of allylic oxidation sites excluding steroid dienone is 3. The average molecular weight is 950 g/mol. The van der Waals surface area contributed by atoms with Crippen LogP contribution in [0.3, 0.4) is 0 Å². The molecule has 8 rings (SSSR count). The van der Waals surface area contributed by atoms with Gasteiger partial charge in [-0.2, -0.15) is 18.2 Å². The van der Waals surface area contributed by atoms with Gasteiger partial charge in [0, 0.05) is 12.1 Å². The Morgan fingerprint density at radius 2 is 1.03 bits per heavy atom.